The van der Waals surface area contributed by atoms with E-state index in [1.54, 1.807) is 7.11 Å². The molecule has 6 heteroatoms. The molecule has 1 aromatic carbocycles. The molecule has 1 aromatic heterocycles. The number of aromatic nitrogens is 2. The first-order valence-corrected chi connectivity index (χ1v) is 7.71. The molecule has 0 aliphatic heterocycles. The SMILES string of the molecule is COCCc1nsc(Nc2ccc(OC(C)C)c(C)c2)n1. The standard InChI is InChI=1S/C15H21N3O2S/c1-10(2)20-13-6-5-12(9-11(13)3)16-15-17-14(18-21-15)7-8-19-4/h5-6,9-10H,7-8H2,1-4H3,(H,16,17,18). The maximum atomic E-state index is 5.73. The summed E-state index contributed by atoms with van der Waals surface area (Å²) >= 11 is 1.36. The average molecular weight is 307 g/mol. The van der Waals surface area contributed by atoms with Gasteiger partial charge >= 0.3 is 0 Å². The van der Waals surface area contributed by atoms with E-state index in [0.29, 0.717) is 6.61 Å². The molecule has 0 saturated heterocycles. The van der Waals surface area contributed by atoms with Gasteiger partial charge in [-0.2, -0.15) is 4.37 Å². The van der Waals surface area contributed by atoms with Crippen LogP contribution in [-0.2, 0) is 11.2 Å². The van der Waals surface area contributed by atoms with Gasteiger partial charge in [-0.05, 0) is 44.5 Å². The summed E-state index contributed by atoms with van der Waals surface area (Å²) in [5.41, 5.74) is 2.08. The normalized spacial score (nSPS) is 10.9. The molecule has 1 N–H and O–H groups in total. The highest BCUT2D eigenvalue weighted by molar-refractivity contribution is 7.09. The molecular weight excluding hydrogens is 286 g/mol. The third kappa shape index (κ3) is 4.68. The Bertz CT molecular complexity index is 584. The van der Waals surface area contributed by atoms with Crippen LogP contribution >= 0.6 is 11.5 Å². The molecule has 1 heterocycles. The number of ether oxygens (including phenoxy) is 2. The molecule has 0 atom stereocenters. The Labute approximate surface area is 129 Å². The summed E-state index contributed by atoms with van der Waals surface area (Å²) in [7, 11) is 1.68. The van der Waals surface area contributed by atoms with Crippen molar-refractivity contribution in [3.05, 3.63) is 29.6 Å². The summed E-state index contributed by atoms with van der Waals surface area (Å²) in [6.45, 7) is 6.71. The third-order valence-corrected chi connectivity index (χ3v) is 3.46. The fraction of sp³-hybridized carbons (Fsp3) is 0.467. The predicted octanol–water partition coefficient (Wildman–Crippen LogP) is 3.57. The molecule has 5 nitrogen and oxygen atoms in total. The molecule has 0 fully saturated rings. The lowest BCUT2D eigenvalue weighted by molar-refractivity contribution is 0.201. The lowest BCUT2D eigenvalue weighted by Gasteiger charge is -2.13. The number of nitrogens with one attached hydrogen (secondary N) is 1. The number of hydrogen-bond donors (Lipinski definition) is 1. The molecule has 0 bridgehead atoms. The van der Waals surface area contributed by atoms with Crippen LogP contribution in [0.5, 0.6) is 5.75 Å². The van der Waals surface area contributed by atoms with Crippen molar-refractivity contribution in [2.75, 3.05) is 19.0 Å². The lowest BCUT2D eigenvalue weighted by atomic mass is 10.2. The van der Waals surface area contributed by atoms with Crippen LogP contribution in [0.1, 0.15) is 25.2 Å². The van der Waals surface area contributed by atoms with Crippen LogP contribution < -0.4 is 10.1 Å². The van der Waals surface area contributed by atoms with Crippen LogP contribution in [0.2, 0.25) is 0 Å². The summed E-state index contributed by atoms with van der Waals surface area (Å²) < 4.78 is 15.0. The van der Waals surface area contributed by atoms with Crippen molar-refractivity contribution in [1.82, 2.24) is 9.36 Å². The van der Waals surface area contributed by atoms with Gasteiger partial charge in [-0.3, -0.25) is 0 Å². The minimum Gasteiger partial charge on any atom is -0.491 e. The quantitative estimate of drug-likeness (QED) is 0.847. The molecule has 0 saturated carbocycles. The van der Waals surface area contributed by atoms with E-state index >= 15 is 0 Å². The number of benzene rings is 1. The number of aryl methyl sites for hydroxylation is 1. The number of anilines is 2. The molecular formula is C15H21N3O2S. The van der Waals surface area contributed by atoms with E-state index in [1.807, 2.05) is 39.0 Å². The van der Waals surface area contributed by atoms with Gasteiger partial charge in [0, 0.05) is 30.8 Å². The highest BCUT2D eigenvalue weighted by Gasteiger charge is 2.07. The fourth-order valence-corrected chi connectivity index (χ4v) is 2.47. The van der Waals surface area contributed by atoms with Gasteiger partial charge in [-0.15, -0.1) is 0 Å². The zero-order valence-electron chi connectivity index (χ0n) is 12.8. The zero-order chi connectivity index (χ0) is 15.2. The molecule has 0 aliphatic carbocycles. The second-order valence-corrected chi connectivity index (χ2v) is 5.78. The van der Waals surface area contributed by atoms with Crippen molar-refractivity contribution in [1.29, 1.82) is 0 Å². The molecule has 0 aliphatic rings. The number of hydrogen-bond acceptors (Lipinski definition) is 6. The molecule has 0 spiro atoms. The minimum atomic E-state index is 0.175. The van der Waals surface area contributed by atoms with Crippen LogP contribution in [0, 0.1) is 6.92 Å². The highest BCUT2D eigenvalue weighted by Crippen LogP contribution is 2.25. The lowest BCUT2D eigenvalue weighted by Crippen LogP contribution is -2.06. The van der Waals surface area contributed by atoms with Crippen molar-refractivity contribution in [2.24, 2.45) is 0 Å². The van der Waals surface area contributed by atoms with E-state index in [4.69, 9.17) is 9.47 Å². The van der Waals surface area contributed by atoms with Gasteiger partial charge < -0.3 is 14.8 Å². The summed E-state index contributed by atoms with van der Waals surface area (Å²) in [6, 6.07) is 6.01. The van der Waals surface area contributed by atoms with Crippen molar-refractivity contribution in [3.8, 4) is 5.75 Å². The smallest absolute Gasteiger partial charge is 0.207 e. The average Bonchev–Trinajstić information content (AvgIpc) is 2.87. The highest BCUT2D eigenvalue weighted by atomic mass is 32.1. The Kier molecular flexibility index (Phi) is 5.52. The largest absolute Gasteiger partial charge is 0.491 e. The number of methoxy groups -OCH3 is 1. The topological polar surface area (TPSA) is 56.3 Å². The second kappa shape index (κ2) is 7.38. The van der Waals surface area contributed by atoms with Crippen LogP contribution in [0.4, 0.5) is 10.8 Å². The van der Waals surface area contributed by atoms with Crippen molar-refractivity contribution >= 4 is 22.4 Å². The minimum absolute atomic E-state index is 0.175. The van der Waals surface area contributed by atoms with E-state index in [2.05, 4.69) is 14.7 Å². The molecule has 0 unspecified atom stereocenters. The first kappa shape index (κ1) is 15.7. The summed E-state index contributed by atoms with van der Waals surface area (Å²) in [5.74, 6) is 1.72. The second-order valence-electron chi connectivity index (χ2n) is 5.03. The van der Waals surface area contributed by atoms with Gasteiger partial charge in [0.15, 0.2) is 0 Å². The van der Waals surface area contributed by atoms with Crippen molar-refractivity contribution in [3.63, 3.8) is 0 Å². The molecule has 2 aromatic rings. The molecule has 0 radical (unpaired) electrons. The fourth-order valence-electron chi connectivity index (χ4n) is 1.84. The van der Waals surface area contributed by atoms with Gasteiger partial charge in [0.25, 0.3) is 0 Å². The van der Waals surface area contributed by atoms with Crippen LogP contribution in [0.3, 0.4) is 0 Å². The van der Waals surface area contributed by atoms with E-state index < -0.39 is 0 Å². The Morgan fingerprint density at radius 3 is 2.81 bits per heavy atom. The Morgan fingerprint density at radius 2 is 2.14 bits per heavy atom. The summed E-state index contributed by atoms with van der Waals surface area (Å²) in [6.07, 6.45) is 0.906. The summed E-state index contributed by atoms with van der Waals surface area (Å²) in [5, 5.41) is 4.06. The Morgan fingerprint density at radius 1 is 1.33 bits per heavy atom. The van der Waals surface area contributed by atoms with Crippen LogP contribution in [0.15, 0.2) is 18.2 Å². The van der Waals surface area contributed by atoms with Gasteiger partial charge in [-0.1, -0.05) is 0 Å². The van der Waals surface area contributed by atoms with E-state index in [-0.39, 0.29) is 6.10 Å². The maximum Gasteiger partial charge on any atom is 0.207 e. The van der Waals surface area contributed by atoms with E-state index in [0.717, 1.165) is 34.4 Å². The molecule has 0 amide bonds. The Balaban J connectivity index is 2.02. The van der Waals surface area contributed by atoms with Gasteiger partial charge in [0.05, 0.1) is 12.7 Å². The zero-order valence-corrected chi connectivity index (χ0v) is 13.7. The first-order valence-electron chi connectivity index (χ1n) is 6.94. The third-order valence-electron chi connectivity index (χ3n) is 2.79. The van der Waals surface area contributed by atoms with Crippen LogP contribution in [-0.4, -0.2) is 29.2 Å². The molecule has 21 heavy (non-hydrogen) atoms. The maximum absolute atomic E-state index is 5.73. The van der Waals surface area contributed by atoms with Gasteiger partial charge in [0.1, 0.15) is 11.6 Å². The number of rotatable bonds is 7. The first-order chi connectivity index (χ1) is 10.1. The van der Waals surface area contributed by atoms with Crippen molar-refractivity contribution in [2.45, 2.75) is 33.3 Å². The van der Waals surface area contributed by atoms with Gasteiger partial charge in [0.2, 0.25) is 5.13 Å². The monoisotopic (exact) mass is 307 g/mol. The van der Waals surface area contributed by atoms with Crippen LogP contribution in [0.25, 0.3) is 0 Å². The van der Waals surface area contributed by atoms with E-state index in [9.17, 15) is 0 Å². The van der Waals surface area contributed by atoms with E-state index in [1.165, 1.54) is 11.5 Å². The summed E-state index contributed by atoms with van der Waals surface area (Å²) in [4.78, 5) is 4.43. The predicted molar refractivity (Wildman–Crippen MR) is 85.7 cm³/mol. The van der Waals surface area contributed by atoms with Crippen molar-refractivity contribution < 1.29 is 9.47 Å². The molecule has 114 valence electrons. The molecule has 2 rings (SSSR count). The van der Waals surface area contributed by atoms with Gasteiger partial charge in [-0.25, -0.2) is 4.98 Å². The number of nitrogens with zero attached hydrogens (tertiary/aromatic N) is 2. The Hall–Kier alpha value is -1.66.